The number of likely N-dealkylation sites (N-methyl/N-ethyl adjacent to an activating group) is 1. The van der Waals surface area contributed by atoms with Crippen LogP contribution in [-0.2, 0) is 0 Å². The van der Waals surface area contributed by atoms with Gasteiger partial charge in [0.05, 0.1) is 17.4 Å². The van der Waals surface area contributed by atoms with Gasteiger partial charge in [0.25, 0.3) is 5.91 Å². The third-order valence-electron chi connectivity index (χ3n) is 2.82. The number of aromatic nitrogens is 1. The number of anilines is 1. The zero-order valence-corrected chi connectivity index (χ0v) is 13.3. The molecule has 1 rings (SSSR count). The van der Waals surface area contributed by atoms with E-state index >= 15 is 0 Å². The fourth-order valence-corrected chi connectivity index (χ4v) is 1.99. The van der Waals surface area contributed by atoms with Crippen LogP contribution in [0.1, 0.15) is 24.2 Å². The largest absolute Gasteiger partial charge is 0.397 e. The van der Waals surface area contributed by atoms with Crippen LogP contribution in [0.4, 0.5) is 5.69 Å². The second kappa shape index (κ2) is 7.45. The average molecular weight is 299 g/mol. The van der Waals surface area contributed by atoms with Gasteiger partial charge in [-0.1, -0.05) is 25.4 Å². The topological polar surface area (TPSA) is 62.5 Å². The molecule has 1 heterocycles. The Morgan fingerprint density at radius 1 is 1.40 bits per heavy atom. The van der Waals surface area contributed by atoms with E-state index in [1.807, 2.05) is 23.9 Å². The number of pyridine rings is 1. The number of amides is 1. The minimum atomic E-state index is -0.0950. The molecule has 1 aromatic rings. The van der Waals surface area contributed by atoms with Gasteiger partial charge < -0.3 is 15.5 Å². The van der Waals surface area contributed by atoms with Crippen molar-refractivity contribution < 1.29 is 4.79 Å². The van der Waals surface area contributed by atoms with E-state index in [1.54, 1.807) is 0 Å². The van der Waals surface area contributed by atoms with Gasteiger partial charge in [-0.2, -0.15) is 0 Å². The molecule has 0 aliphatic carbocycles. The zero-order valence-electron chi connectivity index (χ0n) is 12.6. The number of rotatable bonds is 6. The normalized spacial score (nSPS) is 11.2. The van der Waals surface area contributed by atoms with Crippen LogP contribution in [0.3, 0.4) is 0 Å². The van der Waals surface area contributed by atoms with Crippen molar-refractivity contribution >= 4 is 23.2 Å². The first-order valence-electron chi connectivity index (χ1n) is 6.66. The van der Waals surface area contributed by atoms with Crippen LogP contribution in [0.5, 0.6) is 0 Å². The van der Waals surface area contributed by atoms with Gasteiger partial charge in [-0.25, -0.2) is 4.98 Å². The number of nitrogen functional groups attached to an aromatic ring is 1. The summed E-state index contributed by atoms with van der Waals surface area (Å²) in [5, 5.41) is 0.277. The SMILES string of the molecule is CC(C)CN(CCN(C)C)C(=O)c1cc(Cl)ncc1N. The third-order valence-corrected chi connectivity index (χ3v) is 3.03. The highest BCUT2D eigenvalue weighted by molar-refractivity contribution is 6.29. The Labute approximate surface area is 125 Å². The molecule has 0 unspecified atom stereocenters. The van der Waals surface area contributed by atoms with Crippen molar-refractivity contribution in [3.63, 3.8) is 0 Å². The molecule has 0 fully saturated rings. The summed E-state index contributed by atoms with van der Waals surface area (Å²) in [4.78, 5) is 20.3. The van der Waals surface area contributed by atoms with Crippen molar-refractivity contribution in [2.45, 2.75) is 13.8 Å². The standard InChI is InChI=1S/C14H23ClN4O/c1-10(2)9-19(6-5-18(3)4)14(20)11-7-13(15)17-8-12(11)16/h7-8,10H,5-6,9,16H2,1-4H3. The Hall–Kier alpha value is -1.33. The predicted molar refractivity (Wildman–Crippen MR) is 83.0 cm³/mol. The molecule has 2 N–H and O–H groups in total. The van der Waals surface area contributed by atoms with E-state index in [4.69, 9.17) is 17.3 Å². The van der Waals surface area contributed by atoms with Crippen LogP contribution >= 0.6 is 11.6 Å². The van der Waals surface area contributed by atoms with Gasteiger partial charge in [0.2, 0.25) is 0 Å². The maximum absolute atomic E-state index is 12.6. The summed E-state index contributed by atoms with van der Waals surface area (Å²) in [5.41, 5.74) is 6.62. The first-order valence-corrected chi connectivity index (χ1v) is 7.04. The molecule has 0 bridgehead atoms. The summed E-state index contributed by atoms with van der Waals surface area (Å²) in [5.74, 6) is 0.294. The van der Waals surface area contributed by atoms with E-state index in [9.17, 15) is 4.79 Å². The lowest BCUT2D eigenvalue weighted by Crippen LogP contribution is -2.39. The van der Waals surface area contributed by atoms with Gasteiger partial charge in [-0.15, -0.1) is 0 Å². The summed E-state index contributed by atoms with van der Waals surface area (Å²) in [6.45, 7) is 6.31. The van der Waals surface area contributed by atoms with Gasteiger partial charge in [-0.3, -0.25) is 4.79 Å². The molecule has 0 radical (unpaired) electrons. The fourth-order valence-electron chi connectivity index (χ4n) is 1.83. The van der Waals surface area contributed by atoms with Crippen molar-refractivity contribution in [1.82, 2.24) is 14.8 Å². The van der Waals surface area contributed by atoms with Crippen LogP contribution in [0, 0.1) is 5.92 Å². The fraction of sp³-hybridized carbons (Fsp3) is 0.571. The lowest BCUT2D eigenvalue weighted by atomic mass is 10.1. The Morgan fingerprint density at radius 2 is 2.05 bits per heavy atom. The molecule has 6 heteroatoms. The van der Waals surface area contributed by atoms with Crippen LogP contribution in [0.25, 0.3) is 0 Å². The highest BCUT2D eigenvalue weighted by Crippen LogP contribution is 2.17. The minimum Gasteiger partial charge on any atom is -0.397 e. The summed E-state index contributed by atoms with van der Waals surface area (Å²) >= 11 is 5.85. The van der Waals surface area contributed by atoms with Crippen molar-refractivity contribution in [3.05, 3.63) is 23.0 Å². The Kier molecular flexibility index (Phi) is 6.23. The molecule has 1 aromatic heterocycles. The molecular weight excluding hydrogens is 276 g/mol. The predicted octanol–water partition coefficient (Wildman–Crippen LogP) is 1.98. The first kappa shape index (κ1) is 16.7. The van der Waals surface area contributed by atoms with E-state index in [1.165, 1.54) is 12.3 Å². The van der Waals surface area contributed by atoms with Gasteiger partial charge in [0.15, 0.2) is 0 Å². The van der Waals surface area contributed by atoms with Gasteiger partial charge in [0.1, 0.15) is 5.15 Å². The highest BCUT2D eigenvalue weighted by Gasteiger charge is 2.19. The van der Waals surface area contributed by atoms with Gasteiger partial charge in [0, 0.05) is 19.6 Å². The molecule has 112 valence electrons. The Morgan fingerprint density at radius 3 is 2.60 bits per heavy atom. The molecule has 0 spiro atoms. The average Bonchev–Trinajstić information content (AvgIpc) is 2.36. The van der Waals surface area contributed by atoms with Crippen molar-refractivity contribution in [3.8, 4) is 0 Å². The number of carbonyl (C=O) groups excluding carboxylic acids is 1. The van der Waals surface area contributed by atoms with Crippen LogP contribution in [0.2, 0.25) is 5.15 Å². The van der Waals surface area contributed by atoms with Crippen LogP contribution < -0.4 is 5.73 Å². The maximum atomic E-state index is 12.6. The molecule has 5 nitrogen and oxygen atoms in total. The van der Waals surface area contributed by atoms with Crippen LogP contribution in [-0.4, -0.2) is 54.4 Å². The van der Waals surface area contributed by atoms with E-state index < -0.39 is 0 Å². The second-order valence-electron chi connectivity index (χ2n) is 5.54. The number of hydrogen-bond acceptors (Lipinski definition) is 4. The molecule has 0 aliphatic heterocycles. The quantitative estimate of drug-likeness (QED) is 0.816. The summed E-state index contributed by atoms with van der Waals surface area (Å²) in [6, 6.07) is 1.53. The third kappa shape index (κ3) is 4.98. The molecular formula is C14H23ClN4O. The van der Waals surface area contributed by atoms with E-state index in [0.717, 1.165) is 6.54 Å². The maximum Gasteiger partial charge on any atom is 0.256 e. The number of nitrogens with zero attached hydrogens (tertiary/aromatic N) is 3. The van der Waals surface area contributed by atoms with Crippen molar-refractivity contribution in [2.75, 3.05) is 39.5 Å². The number of nitrogens with two attached hydrogens (primary N) is 1. The molecule has 0 aromatic carbocycles. The smallest absolute Gasteiger partial charge is 0.256 e. The van der Waals surface area contributed by atoms with Gasteiger partial charge >= 0.3 is 0 Å². The monoisotopic (exact) mass is 298 g/mol. The van der Waals surface area contributed by atoms with Crippen molar-refractivity contribution in [2.24, 2.45) is 5.92 Å². The molecule has 0 saturated heterocycles. The molecule has 0 aliphatic rings. The second-order valence-corrected chi connectivity index (χ2v) is 5.93. The van der Waals surface area contributed by atoms with E-state index in [2.05, 4.69) is 18.8 Å². The molecule has 20 heavy (non-hydrogen) atoms. The highest BCUT2D eigenvalue weighted by atomic mass is 35.5. The molecule has 0 atom stereocenters. The molecule has 1 amide bonds. The number of carbonyl (C=O) groups is 1. The lowest BCUT2D eigenvalue weighted by molar-refractivity contribution is 0.0725. The summed E-state index contributed by atoms with van der Waals surface area (Å²) in [6.07, 6.45) is 1.43. The van der Waals surface area contributed by atoms with E-state index in [0.29, 0.717) is 30.3 Å². The van der Waals surface area contributed by atoms with Crippen LogP contribution in [0.15, 0.2) is 12.3 Å². The van der Waals surface area contributed by atoms with Crippen molar-refractivity contribution in [1.29, 1.82) is 0 Å². The Bertz CT molecular complexity index is 462. The Balaban J connectivity index is 2.93. The summed E-state index contributed by atoms with van der Waals surface area (Å²) < 4.78 is 0. The van der Waals surface area contributed by atoms with E-state index in [-0.39, 0.29) is 11.1 Å². The lowest BCUT2D eigenvalue weighted by Gasteiger charge is -2.26. The van der Waals surface area contributed by atoms with Gasteiger partial charge in [-0.05, 0) is 26.1 Å². The first-order chi connectivity index (χ1) is 9.31. The zero-order chi connectivity index (χ0) is 15.3. The number of hydrogen-bond donors (Lipinski definition) is 1. The molecule has 0 saturated carbocycles. The number of halogens is 1. The summed E-state index contributed by atoms with van der Waals surface area (Å²) in [7, 11) is 3.96. The minimum absolute atomic E-state index is 0.0950.